The predicted molar refractivity (Wildman–Crippen MR) is 89.3 cm³/mol. The van der Waals surface area contributed by atoms with E-state index in [1.54, 1.807) is 0 Å². The topological polar surface area (TPSA) is 38.1 Å². The van der Waals surface area contributed by atoms with E-state index in [2.05, 4.69) is 18.9 Å². The second-order valence-corrected chi connectivity index (χ2v) is 6.17. The summed E-state index contributed by atoms with van der Waals surface area (Å²) in [5, 5.41) is 14.4. The molecule has 0 radical (unpaired) electrons. The van der Waals surface area contributed by atoms with Crippen LogP contribution in [0.25, 0.3) is 0 Å². The molecule has 0 aliphatic heterocycles. The minimum absolute atomic E-state index is 0.333. The maximum absolute atomic E-state index is 10.1. The van der Waals surface area contributed by atoms with E-state index in [1.165, 1.54) is 51.4 Å². The molecule has 0 bridgehead atoms. The number of aliphatic hydroxyl groups excluding tert-OH is 1. The largest absolute Gasteiger partial charge is 0.388 e. The van der Waals surface area contributed by atoms with Crippen molar-refractivity contribution in [2.45, 2.75) is 97.1 Å². The monoisotopic (exact) mass is 294 g/mol. The van der Waals surface area contributed by atoms with Gasteiger partial charge < -0.3 is 5.11 Å². The summed E-state index contributed by atoms with van der Waals surface area (Å²) in [5.74, 6) is 0. The molecule has 1 atom stereocenters. The molecule has 0 aliphatic rings. The van der Waals surface area contributed by atoms with Crippen molar-refractivity contribution < 1.29 is 5.11 Å². The van der Waals surface area contributed by atoms with E-state index in [-0.39, 0.29) is 6.10 Å². The molecule has 1 aromatic heterocycles. The van der Waals surface area contributed by atoms with Crippen LogP contribution in [-0.2, 0) is 6.54 Å². The Morgan fingerprint density at radius 3 is 2.19 bits per heavy atom. The molecule has 0 saturated carbocycles. The van der Waals surface area contributed by atoms with E-state index in [9.17, 15) is 5.11 Å². The maximum atomic E-state index is 10.1. The van der Waals surface area contributed by atoms with Crippen molar-refractivity contribution in [3.63, 3.8) is 0 Å². The van der Waals surface area contributed by atoms with Crippen LogP contribution in [0.4, 0.5) is 0 Å². The van der Waals surface area contributed by atoms with Crippen LogP contribution in [0.2, 0.25) is 0 Å². The molecule has 1 heterocycles. The van der Waals surface area contributed by atoms with Gasteiger partial charge in [0.15, 0.2) is 0 Å². The molecule has 0 aliphatic carbocycles. The van der Waals surface area contributed by atoms with E-state index in [1.807, 2.05) is 17.1 Å². The number of aromatic nitrogens is 2. The third-order valence-corrected chi connectivity index (χ3v) is 4.07. The van der Waals surface area contributed by atoms with Crippen LogP contribution in [0.5, 0.6) is 0 Å². The molecule has 0 saturated heterocycles. The zero-order chi connectivity index (χ0) is 15.3. The van der Waals surface area contributed by atoms with Crippen molar-refractivity contribution in [2.24, 2.45) is 0 Å². The Morgan fingerprint density at radius 1 is 0.952 bits per heavy atom. The number of rotatable bonds is 13. The average Bonchev–Trinajstić information content (AvgIpc) is 2.94. The van der Waals surface area contributed by atoms with E-state index in [0.717, 1.165) is 31.4 Å². The summed E-state index contributed by atoms with van der Waals surface area (Å²) < 4.78 is 1.93. The quantitative estimate of drug-likeness (QED) is 0.505. The van der Waals surface area contributed by atoms with Gasteiger partial charge in [0.25, 0.3) is 0 Å². The van der Waals surface area contributed by atoms with Crippen molar-refractivity contribution in [3.05, 3.63) is 18.0 Å². The summed E-state index contributed by atoms with van der Waals surface area (Å²) in [6, 6.07) is 0. The molecule has 0 aromatic carbocycles. The second kappa shape index (κ2) is 11.8. The third kappa shape index (κ3) is 8.25. The first-order valence-electron chi connectivity index (χ1n) is 8.98. The lowest BCUT2D eigenvalue weighted by Gasteiger charge is -2.08. The Hall–Kier alpha value is -0.830. The molecule has 21 heavy (non-hydrogen) atoms. The fraction of sp³-hybridized carbons (Fsp3) is 0.833. The van der Waals surface area contributed by atoms with Crippen molar-refractivity contribution in [2.75, 3.05) is 0 Å². The molecule has 1 unspecified atom stereocenters. The average molecular weight is 294 g/mol. The summed E-state index contributed by atoms with van der Waals surface area (Å²) in [5.41, 5.74) is 0.975. The highest BCUT2D eigenvalue weighted by molar-refractivity contribution is 5.07. The minimum atomic E-state index is -0.333. The van der Waals surface area contributed by atoms with Crippen LogP contribution in [0.15, 0.2) is 12.4 Å². The SMILES string of the molecule is CCCCCCCCCCCC(O)c1cnn(CCC)c1. The van der Waals surface area contributed by atoms with Gasteiger partial charge in [-0.05, 0) is 12.8 Å². The molecule has 1 N–H and O–H groups in total. The molecular formula is C18H34N2O. The molecule has 1 aromatic rings. The van der Waals surface area contributed by atoms with Gasteiger partial charge >= 0.3 is 0 Å². The highest BCUT2D eigenvalue weighted by Gasteiger charge is 2.09. The fourth-order valence-electron chi connectivity index (χ4n) is 2.72. The first-order chi connectivity index (χ1) is 10.3. The summed E-state index contributed by atoms with van der Waals surface area (Å²) >= 11 is 0. The third-order valence-electron chi connectivity index (χ3n) is 4.07. The Morgan fingerprint density at radius 2 is 1.57 bits per heavy atom. The van der Waals surface area contributed by atoms with Gasteiger partial charge in [0.2, 0.25) is 0 Å². The van der Waals surface area contributed by atoms with Crippen molar-refractivity contribution in [1.82, 2.24) is 9.78 Å². The molecule has 3 nitrogen and oxygen atoms in total. The van der Waals surface area contributed by atoms with Gasteiger partial charge in [0, 0.05) is 18.3 Å². The van der Waals surface area contributed by atoms with Crippen LogP contribution >= 0.6 is 0 Å². The van der Waals surface area contributed by atoms with Crippen molar-refractivity contribution in [3.8, 4) is 0 Å². The highest BCUT2D eigenvalue weighted by Crippen LogP contribution is 2.20. The van der Waals surface area contributed by atoms with Crippen LogP contribution < -0.4 is 0 Å². The van der Waals surface area contributed by atoms with Gasteiger partial charge in [-0.1, -0.05) is 71.6 Å². The van der Waals surface area contributed by atoms with Crippen molar-refractivity contribution >= 4 is 0 Å². The lowest BCUT2D eigenvalue weighted by Crippen LogP contribution is -1.98. The van der Waals surface area contributed by atoms with Gasteiger partial charge in [-0.25, -0.2) is 0 Å². The van der Waals surface area contributed by atoms with E-state index >= 15 is 0 Å². The van der Waals surface area contributed by atoms with Crippen molar-refractivity contribution in [1.29, 1.82) is 0 Å². The Labute approximate surface area is 130 Å². The fourth-order valence-corrected chi connectivity index (χ4v) is 2.72. The Kier molecular flexibility index (Phi) is 10.2. The molecule has 1 rings (SSSR count). The summed E-state index contributed by atoms with van der Waals surface area (Å²) in [4.78, 5) is 0. The highest BCUT2D eigenvalue weighted by atomic mass is 16.3. The maximum Gasteiger partial charge on any atom is 0.0820 e. The first-order valence-corrected chi connectivity index (χ1v) is 8.98. The van der Waals surface area contributed by atoms with Gasteiger partial charge in [-0.15, -0.1) is 0 Å². The number of aryl methyl sites for hydroxylation is 1. The summed E-state index contributed by atoms with van der Waals surface area (Å²) in [6.07, 6.45) is 17.3. The van der Waals surface area contributed by atoms with Crippen LogP contribution in [0, 0.1) is 0 Å². The number of hydrogen-bond donors (Lipinski definition) is 1. The lowest BCUT2D eigenvalue weighted by molar-refractivity contribution is 0.163. The van der Waals surface area contributed by atoms with Gasteiger partial charge in [0.05, 0.1) is 12.3 Å². The second-order valence-electron chi connectivity index (χ2n) is 6.17. The van der Waals surface area contributed by atoms with Crippen LogP contribution in [-0.4, -0.2) is 14.9 Å². The number of hydrogen-bond acceptors (Lipinski definition) is 2. The smallest absolute Gasteiger partial charge is 0.0820 e. The molecule has 0 spiro atoms. The Bertz CT molecular complexity index is 349. The zero-order valence-corrected chi connectivity index (χ0v) is 14.1. The van der Waals surface area contributed by atoms with Gasteiger partial charge in [-0.2, -0.15) is 5.10 Å². The minimum Gasteiger partial charge on any atom is -0.388 e. The number of nitrogens with zero attached hydrogens (tertiary/aromatic N) is 2. The lowest BCUT2D eigenvalue weighted by atomic mass is 10.0. The number of unbranched alkanes of at least 4 members (excludes halogenated alkanes) is 8. The van der Waals surface area contributed by atoms with E-state index < -0.39 is 0 Å². The summed E-state index contributed by atoms with van der Waals surface area (Å²) in [7, 11) is 0. The van der Waals surface area contributed by atoms with Gasteiger partial charge in [0.1, 0.15) is 0 Å². The summed E-state index contributed by atoms with van der Waals surface area (Å²) in [6.45, 7) is 5.34. The molecule has 3 heteroatoms. The Balaban J connectivity index is 2.01. The zero-order valence-electron chi connectivity index (χ0n) is 14.1. The molecule has 122 valence electrons. The van der Waals surface area contributed by atoms with Crippen LogP contribution in [0.1, 0.15) is 96.1 Å². The molecular weight excluding hydrogens is 260 g/mol. The standard InChI is InChI=1S/C18H34N2O/c1-3-5-6-7-8-9-10-11-12-13-18(21)17-15-19-20(16-17)14-4-2/h15-16,18,21H,3-14H2,1-2H3. The predicted octanol–water partition coefficient (Wildman–Crippen LogP) is 5.25. The first kappa shape index (κ1) is 18.2. The molecule has 0 fully saturated rings. The number of aliphatic hydroxyl groups is 1. The van der Waals surface area contributed by atoms with E-state index in [4.69, 9.17) is 0 Å². The van der Waals surface area contributed by atoms with Gasteiger partial charge in [-0.3, -0.25) is 4.68 Å². The van der Waals surface area contributed by atoms with E-state index in [0.29, 0.717) is 0 Å². The van der Waals surface area contributed by atoms with Crippen LogP contribution in [0.3, 0.4) is 0 Å². The normalized spacial score (nSPS) is 12.7. The molecule has 0 amide bonds.